The van der Waals surface area contributed by atoms with Crippen molar-refractivity contribution in [1.29, 1.82) is 0 Å². The molecule has 1 N–H and O–H groups in total. The molecule has 0 saturated carbocycles. The summed E-state index contributed by atoms with van der Waals surface area (Å²) in [6.07, 6.45) is 0. The molecule has 0 aliphatic rings. The van der Waals surface area contributed by atoms with Crippen molar-refractivity contribution in [2.24, 2.45) is 0 Å². The average Bonchev–Trinajstić information content (AvgIpc) is 2.37. The fourth-order valence-corrected chi connectivity index (χ4v) is 2.14. The van der Waals surface area contributed by atoms with Crippen LogP contribution in [0.3, 0.4) is 0 Å². The van der Waals surface area contributed by atoms with Gasteiger partial charge in [0.15, 0.2) is 0 Å². The summed E-state index contributed by atoms with van der Waals surface area (Å²) >= 11 is 8.70. The Morgan fingerprint density at radius 3 is 2.71 bits per heavy atom. The number of anilines is 1. The zero-order valence-corrected chi connectivity index (χ0v) is 12.5. The van der Waals surface area contributed by atoms with Crippen molar-refractivity contribution in [3.05, 3.63) is 61.5 Å². The van der Waals surface area contributed by atoms with Gasteiger partial charge in [-0.25, -0.2) is 9.37 Å². The van der Waals surface area contributed by atoms with Crippen molar-refractivity contribution in [3.63, 3.8) is 0 Å². The van der Waals surface area contributed by atoms with Gasteiger partial charge in [-0.1, -0.05) is 27.5 Å². The largest absolute Gasteiger partial charge is 0.311 e. The number of carbonyl (C=O) groups is 1. The van der Waals surface area contributed by atoms with E-state index in [1.165, 1.54) is 18.2 Å². The van der Waals surface area contributed by atoms with Crippen LogP contribution in [0.4, 0.5) is 15.9 Å². The van der Waals surface area contributed by atoms with Crippen LogP contribution in [0.2, 0.25) is 5.15 Å². The molecule has 0 fully saturated rings. The standard InChI is InChI=1S/C12H6BrClFN3O3/c13-7-3-6(4-8(15)5-7)12(19)17-11-9(18(20)21)1-2-10(14)16-11/h1-5H,(H,16,17,19). The molecule has 108 valence electrons. The fourth-order valence-electron chi connectivity index (χ4n) is 1.53. The van der Waals surface area contributed by atoms with Gasteiger partial charge < -0.3 is 5.32 Å². The highest BCUT2D eigenvalue weighted by atomic mass is 79.9. The van der Waals surface area contributed by atoms with E-state index in [0.717, 1.165) is 12.1 Å². The lowest BCUT2D eigenvalue weighted by molar-refractivity contribution is -0.384. The Morgan fingerprint density at radius 1 is 1.38 bits per heavy atom. The maximum atomic E-state index is 13.2. The molecule has 9 heteroatoms. The molecule has 1 aromatic heterocycles. The van der Waals surface area contributed by atoms with Gasteiger partial charge in [-0.2, -0.15) is 0 Å². The van der Waals surface area contributed by atoms with Gasteiger partial charge in [0.2, 0.25) is 5.82 Å². The minimum Gasteiger partial charge on any atom is -0.301 e. The molecule has 1 aromatic carbocycles. The lowest BCUT2D eigenvalue weighted by Gasteiger charge is -2.06. The predicted octanol–water partition coefficient (Wildman–Crippen LogP) is 3.80. The Balaban J connectivity index is 2.35. The number of rotatable bonds is 3. The summed E-state index contributed by atoms with van der Waals surface area (Å²) in [6, 6.07) is 5.89. The Labute approximate surface area is 131 Å². The second-order valence-electron chi connectivity index (χ2n) is 3.87. The molecule has 0 radical (unpaired) electrons. The molecule has 0 bridgehead atoms. The van der Waals surface area contributed by atoms with Crippen LogP contribution in [-0.4, -0.2) is 15.8 Å². The summed E-state index contributed by atoms with van der Waals surface area (Å²) < 4.78 is 13.6. The van der Waals surface area contributed by atoms with Crippen molar-refractivity contribution in [3.8, 4) is 0 Å². The Hall–Kier alpha value is -2.06. The number of carbonyl (C=O) groups excluding carboxylic acids is 1. The minimum atomic E-state index is -0.743. The van der Waals surface area contributed by atoms with Crippen molar-refractivity contribution >= 4 is 44.9 Å². The summed E-state index contributed by atoms with van der Waals surface area (Å²) in [7, 11) is 0. The van der Waals surface area contributed by atoms with Crippen LogP contribution >= 0.6 is 27.5 Å². The number of nitro groups is 1. The first-order chi connectivity index (χ1) is 9.86. The van der Waals surface area contributed by atoms with Crippen LogP contribution in [0.1, 0.15) is 10.4 Å². The van der Waals surface area contributed by atoms with Crippen LogP contribution in [0.5, 0.6) is 0 Å². The molecule has 0 atom stereocenters. The Morgan fingerprint density at radius 2 is 2.10 bits per heavy atom. The van der Waals surface area contributed by atoms with E-state index in [0.29, 0.717) is 4.47 Å². The van der Waals surface area contributed by atoms with Crippen LogP contribution in [0, 0.1) is 15.9 Å². The number of aromatic nitrogens is 1. The molecule has 2 rings (SSSR count). The highest BCUT2D eigenvalue weighted by Gasteiger charge is 2.19. The van der Waals surface area contributed by atoms with E-state index in [2.05, 4.69) is 26.2 Å². The third-order valence-electron chi connectivity index (χ3n) is 2.39. The van der Waals surface area contributed by atoms with E-state index in [9.17, 15) is 19.3 Å². The summed E-state index contributed by atoms with van der Waals surface area (Å²) in [6.45, 7) is 0. The molecule has 1 amide bonds. The maximum Gasteiger partial charge on any atom is 0.311 e. The van der Waals surface area contributed by atoms with Crippen LogP contribution in [0.25, 0.3) is 0 Å². The second-order valence-corrected chi connectivity index (χ2v) is 5.17. The number of pyridine rings is 1. The van der Waals surface area contributed by atoms with Crippen molar-refractivity contribution < 1.29 is 14.1 Å². The van der Waals surface area contributed by atoms with Gasteiger partial charge in [-0.05, 0) is 24.3 Å². The maximum absolute atomic E-state index is 13.2. The topological polar surface area (TPSA) is 85.1 Å². The van der Waals surface area contributed by atoms with Gasteiger partial charge in [0.25, 0.3) is 5.91 Å². The lowest BCUT2D eigenvalue weighted by atomic mass is 10.2. The Kier molecular flexibility index (Phi) is 4.49. The fraction of sp³-hybridized carbons (Fsp3) is 0. The van der Waals surface area contributed by atoms with Gasteiger partial charge in [0.05, 0.1) is 4.92 Å². The average molecular weight is 375 g/mol. The zero-order chi connectivity index (χ0) is 15.6. The lowest BCUT2D eigenvalue weighted by Crippen LogP contribution is -2.14. The van der Waals surface area contributed by atoms with Gasteiger partial charge in [0, 0.05) is 16.1 Å². The molecule has 1 heterocycles. The molecule has 6 nitrogen and oxygen atoms in total. The first-order valence-electron chi connectivity index (χ1n) is 5.45. The van der Waals surface area contributed by atoms with Gasteiger partial charge in [0.1, 0.15) is 11.0 Å². The van der Waals surface area contributed by atoms with E-state index in [4.69, 9.17) is 11.6 Å². The summed E-state index contributed by atoms with van der Waals surface area (Å²) in [4.78, 5) is 25.8. The number of benzene rings is 1. The molecule has 0 saturated heterocycles. The van der Waals surface area contributed by atoms with E-state index in [1.54, 1.807) is 0 Å². The van der Waals surface area contributed by atoms with E-state index in [1.807, 2.05) is 0 Å². The second kappa shape index (κ2) is 6.15. The van der Waals surface area contributed by atoms with Crippen LogP contribution in [-0.2, 0) is 0 Å². The summed E-state index contributed by atoms with van der Waals surface area (Å²) in [5.74, 6) is -1.67. The Bertz CT molecular complexity index is 721. The SMILES string of the molecule is O=C(Nc1nc(Cl)ccc1[N+](=O)[O-])c1cc(F)cc(Br)c1. The first kappa shape index (κ1) is 15.3. The number of halogens is 3. The third kappa shape index (κ3) is 3.73. The number of hydrogen-bond acceptors (Lipinski definition) is 4. The van der Waals surface area contributed by atoms with Crippen LogP contribution in [0.15, 0.2) is 34.8 Å². The summed E-state index contributed by atoms with van der Waals surface area (Å²) in [5, 5.41) is 13.1. The minimum absolute atomic E-state index is 0.0158. The van der Waals surface area contributed by atoms with Crippen molar-refractivity contribution in [2.45, 2.75) is 0 Å². The molecule has 0 aliphatic carbocycles. The zero-order valence-electron chi connectivity index (χ0n) is 10.1. The number of nitrogens with zero attached hydrogens (tertiary/aromatic N) is 2. The first-order valence-corrected chi connectivity index (χ1v) is 6.62. The molecule has 0 spiro atoms. The third-order valence-corrected chi connectivity index (χ3v) is 3.06. The smallest absolute Gasteiger partial charge is 0.301 e. The molecular weight excluding hydrogens is 369 g/mol. The van der Waals surface area contributed by atoms with Crippen molar-refractivity contribution in [2.75, 3.05) is 5.32 Å². The summed E-state index contributed by atoms with van der Waals surface area (Å²) in [5.41, 5.74) is -0.429. The van der Waals surface area contributed by atoms with Gasteiger partial charge in [-0.3, -0.25) is 14.9 Å². The van der Waals surface area contributed by atoms with Crippen LogP contribution < -0.4 is 5.32 Å². The molecular formula is C12H6BrClFN3O3. The van der Waals surface area contributed by atoms with Gasteiger partial charge >= 0.3 is 5.69 Å². The number of hydrogen-bond donors (Lipinski definition) is 1. The van der Waals surface area contributed by atoms with E-state index in [-0.39, 0.29) is 16.5 Å². The normalized spacial score (nSPS) is 10.2. The molecule has 0 unspecified atom stereocenters. The number of nitrogens with one attached hydrogen (secondary N) is 1. The quantitative estimate of drug-likeness (QED) is 0.503. The molecule has 0 aliphatic heterocycles. The van der Waals surface area contributed by atoms with E-state index >= 15 is 0 Å². The monoisotopic (exact) mass is 373 g/mol. The predicted molar refractivity (Wildman–Crippen MR) is 78.0 cm³/mol. The highest BCUT2D eigenvalue weighted by molar-refractivity contribution is 9.10. The molecule has 21 heavy (non-hydrogen) atoms. The number of amides is 1. The van der Waals surface area contributed by atoms with Crippen molar-refractivity contribution in [1.82, 2.24) is 4.98 Å². The highest BCUT2D eigenvalue weighted by Crippen LogP contribution is 2.25. The molecule has 2 aromatic rings. The van der Waals surface area contributed by atoms with Gasteiger partial charge in [-0.15, -0.1) is 0 Å². The van der Waals surface area contributed by atoms with E-state index < -0.39 is 22.3 Å².